The van der Waals surface area contributed by atoms with E-state index < -0.39 is 10.0 Å². The van der Waals surface area contributed by atoms with Crippen molar-refractivity contribution in [1.82, 2.24) is 19.8 Å². The molecule has 7 nitrogen and oxygen atoms in total. The Bertz CT molecular complexity index is 513. The number of aryl methyl sites for hydroxylation is 1. The van der Waals surface area contributed by atoms with Crippen LogP contribution in [0.3, 0.4) is 0 Å². The molecule has 0 radical (unpaired) electrons. The van der Waals surface area contributed by atoms with Gasteiger partial charge in [0.05, 0.1) is 6.61 Å². The van der Waals surface area contributed by atoms with Crippen molar-refractivity contribution in [2.45, 2.75) is 32.3 Å². The van der Waals surface area contributed by atoms with E-state index in [1.54, 1.807) is 14.0 Å². The highest BCUT2D eigenvalue weighted by atomic mass is 32.2. The summed E-state index contributed by atoms with van der Waals surface area (Å²) in [5.41, 5.74) is 1.47. The van der Waals surface area contributed by atoms with E-state index in [1.807, 2.05) is 13.8 Å². The fraction of sp³-hybridized carbons (Fsp3) is 0.750. The fourth-order valence-corrected chi connectivity index (χ4v) is 3.46. The molecule has 0 aliphatic heterocycles. The Morgan fingerprint density at radius 3 is 2.65 bits per heavy atom. The second-order valence-electron chi connectivity index (χ2n) is 4.40. The van der Waals surface area contributed by atoms with Crippen molar-refractivity contribution in [3.8, 4) is 0 Å². The van der Waals surface area contributed by atoms with Crippen LogP contribution in [0.1, 0.15) is 25.1 Å². The first-order valence-electron chi connectivity index (χ1n) is 6.72. The Morgan fingerprint density at radius 2 is 2.10 bits per heavy atom. The predicted molar refractivity (Wildman–Crippen MR) is 77.0 cm³/mol. The molecule has 1 rings (SSSR count). The number of H-pyrrole nitrogens is 1. The van der Waals surface area contributed by atoms with Gasteiger partial charge in [0.1, 0.15) is 0 Å². The van der Waals surface area contributed by atoms with Gasteiger partial charge in [0.25, 0.3) is 10.0 Å². The minimum atomic E-state index is -3.59. The third-order valence-corrected chi connectivity index (χ3v) is 5.02. The lowest BCUT2D eigenvalue weighted by Gasteiger charge is -2.19. The molecule has 1 aromatic heterocycles. The number of sulfonamides is 1. The van der Waals surface area contributed by atoms with Gasteiger partial charge in [-0.2, -0.15) is 9.40 Å². The lowest BCUT2D eigenvalue weighted by Crippen LogP contribution is -2.34. The van der Waals surface area contributed by atoms with Crippen LogP contribution in [0.4, 0.5) is 0 Å². The molecule has 0 atom stereocenters. The molecule has 0 fully saturated rings. The predicted octanol–water partition coefficient (Wildman–Crippen LogP) is 0.485. The van der Waals surface area contributed by atoms with E-state index in [2.05, 4.69) is 15.5 Å². The van der Waals surface area contributed by atoms with E-state index in [0.717, 1.165) is 12.2 Å². The molecule has 0 spiro atoms. The van der Waals surface area contributed by atoms with Gasteiger partial charge in [0.15, 0.2) is 5.03 Å². The number of nitrogens with zero attached hydrogens (tertiary/aromatic N) is 2. The third kappa shape index (κ3) is 3.78. The summed E-state index contributed by atoms with van der Waals surface area (Å²) < 4.78 is 31.6. The Hall–Kier alpha value is -0.960. The van der Waals surface area contributed by atoms with E-state index >= 15 is 0 Å². The van der Waals surface area contributed by atoms with Crippen molar-refractivity contribution in [2.75, 3.05) is 33.4 Å². The summed E-state index contributed by atoms with van der Waals surface area (Å²) >= 11 is 0. The molecule has 0 aliphatic rings. The molecule has 116 valence electrons. The van der Waals surface area contributed by atoms with Crippen molar-refractivity contribution in [2.24, 2.45) is 0 Å². The van der Waals surface area contributed by atoms with Crippen LogP contribution in [-0.4, -0.2) is 56.3 Å². The molecule has 0 saturated heterocycles. The number of hydrogen-bond acceptors (Lipinski definition) is 5. The van der Waals surface area contributed by atoms with Gasteiger partial charge in [-0.15, -0.1) is 0 Å². The first kappa shape index (κ1) is 17.1. The van der Waals surface area contributed by atoms with E-state index in [-0.39, 0.29) is 5.03 Å². The molecule has 20 heavy (non-hydrogen) atoms. The summed E-state index contributed by atoms with van der Waals surface area (Å²) in [5, 5.41) is 9.98. The number of methoxy groups -OCH3 is 1. The zero-order valence-corrected chi connectivity index (χ0v) is 13.4. The Labute approximate surface area is 120 Å². The van der Waals surface area contributed by atoms with Crippen molar-refractivity contribution in [3.05, 3.63) is 11.3 Å². The number of aromatic nitrogens is 2. The van der Waals surface area contributed by atoms with Crippen LogP contribution in [0.15, 0.2) is 5.03 Å². The molecule has 1 heterocycles. The highest BCUT2D eigenvalue weighted by molar-refractivity contribution is 7.89. The minimum Gasteiger partial charge on any atom is -0.383 e. The zero-order chi connectivity index (χ0) is 15.2. The second-order valence-corrected chi connectivity index (χ2v) is 6.26. The van der Waals surface area contributed by atoms with Gasteiger partial charge < -0.3 is 10.1 Å². The summed E-state index contributed by atoms with van der Waals surface area (Å²) in [5.74, 6) is 0. The van der Waals surface area contributed by atoms with E-state index in [1.165, 1.54) is 4.31 Å². The average molecular weight is 304 g/mol. The van der Waals surface area contributed by atoms with Crippen LogP contribution in [-0.2, 0) is 21.3 Å². The summed E-state index contributed by atoms with van der Waals surface area (Å²) in [6, 6.07) is 0. The molecule has 0 aliphatic carbocycles. The maximum Gasteiger partial charge on any atom is 0.262 e. The molecule has 0 unspecified atom stereocenters. The van der Waals surface area contributed by atoms with Crippen molar-refractivity contribution >= 4 is 10.0 Å². The first-order valence-corrected chi connectivity index (χ1v) is 8.16. The van der Waals surface area contributed by atoms with Gasteiger partial charge >= 0.3 is 0 Å². The highest BCUT2D eigenvalue weighted by Gasteiger charge is 2.29. The Morgan fingerprint density at radius 1 is 1.40 bits per heavy atom. The molecule has 0 bridgehead atoms. The van der Waals surface area contributed by atoms with Crippen LogP contribution >= 0.6 is 0 Å². The van der Waals surface area contributed by atoms with Gasteiger partial charge in [0, 0.05) is 38.0 Å². The van der Waals surface area contributed by atoms with E-state index in [0.29, 0.717) is 31.8 Å². The first-order chi connectivity index (χ1) is 9.48. The maximum absolute atomic E-state index is 12.6. The normalized spacial score (nSPS) is 12.2. The number of nitrogens with one attached hydrogen (secondary N) is 2. The second kappa shape index (κ2) is 7.72. The topological polar surface area (TPSA) is 87.3 Å². The fourth-order valence-electron chi connectivity index (χ4n) is 1.87. The quantitative estimate of drug-likeness (QED) is 0.693. The van der Waals surface area contributed by atoms with Gasteiger partial charge in [-0.05, 0) is 13.5 Å². The number of likely N-dealkylation sites (N-methyl/N-ethyl adjacent to an activating group) is 1. The van der Waals surface area contributed by atoms with Gasteiger partial charge in [0.2, 0.25) is 0 Å². The summed E-state index contributed by atoms with van der Waals surface area (Å²) in [6.07, 6.45) is 0. The van der Waals surface area contributed by atoms with Crippen molar-refractivity contribution in [1.29, 1.82) is 0 Å². The summed E-state index contributed by atoms with van der Waals surface area (Å²) in [7, 11) is -2.04. The molecule has 0 aromatic carbocycles. The van der Waals surface area contributed by atoms with Crippen LogP contribution < -0.4 is 5.32 Å². The maximum atomic E-state index is 12.6. The molecule has 1 aromatic rings. The standard InChI is InChI=1S/C12H24N4O3S/c1-5-13-9-11-10(3)14-15-12(11)20(17,18)16(6-2)7-8-19-4/h13H,5-9H2,1-4H3,(H,14,15). The lowest BCUT2D eigenvalue weighted by atomic mass is 10.2. The zero-order valence-electron chi connectivity index (χ0n) is 12.6. The largest absolute Gasteiger partial charge is 0.383 e. The summed E-state index contributed by atoms with van der Waals surface area (Å²) in [4.78, 5) is 0. The van der Waals surface area contributed by atoms with Gasteiger partial charge in [-0.25, -0.2) is 8.42 Å². The molecule has 2 N–H and O–H groups in total. The SMILES string of the molecule is CCNCc1c(S(=O)(=O)N(CC)CCOC)n[nH]c1C. The molecule has 0 amide bonds. The van der Waals surface area contributed by atoms with E-state index in [9.17, 15) is 8.42 Å². The molecule has 8 heteroatoms. The smallest absolute Gasteiger partial charge is 0.262 e. The number of aromatic amines is 1. The number of rotatable bonds is 9. The van der Waals surface area contributed by atoms with Crippen LogP contribution in [0.5, 0.6) is 0 Å². The summed E-state index contributed by atoms with van der Waals surface area (Å²) in [6.45, 7) is 7.92. The Kier molecular flexibility index (Phi) is 6.60. The van der Waals surface area contributed by atoms with E-state index in [4.69, 9.17) is 4.74 Å². The Balaban J connectivity index is 3.07. The number of hydrogen-bond donors (Lipinski definition) is 2. The van der Waals surface area contributed by atoms with Crippen molar-refractivity contribution < 1.29 is 13.2 Å². The van der Waals surface area contributed by atoms with Gasteiger partial charge in [-0.3, -0.25) is 5.10 Å². The third-order valence-electron chi connectivity index (χ3n) is 3.07. The average Bonchev–Trinajstić information content (AvgIpc) is 2.79. The highest BCUT2D eigenvalue weighted by Crippen LogP contribution is 2.20. The lowest BCUT2D eigenvalue weighted by molar-refractivity contribution is 0.180. The molecular weight excluding hydrogens is 280 g/mol. The van der Waals surface area contributed by atoms with Crippen LogP contribution in [0, 0.1) is 6.92 Å². The minimum absolute atomic E-state index is 0.105. The van der Waals surface area contributed by atoms with Crippen LogP contribution in [0.25, 0.3) is 0 Å². The van der Waals surface area contributed by atoms with Crippen LogP contribution in [0.2, 0.25) is 0 Å². The van der Waals surface area contributed by atoms with Crippen molar-refractivity contribution in [3.63, 3.8) is 0 Å². The van der Waals surface area contributed by atoms with Gasteiger partial charge in [-0.1, -0.05) is 13.8 Å². The molecule has 0 saturated carbocycles. The number of ether oxygens (including phenoxy) is 1. The molecular formula is C12H24N4O3S. The monoisotopic (exact) mass is 304 g/mol.